The van der Waals surface area contributed by atoms with Crippen LogP contribution in [0.25, 0.3) is 0 Å². The maximum atomic E-state index is 13.5. The van der Waals surface area contributed by atoms with E-state index in [1.807, 2.05) is 12.1 Å². The van der Waals surface area contributed by atoms with Crippen molar-refractivity contribution in [1.29, 1.82) is 0 Å². The van der Waals surface area contributed by atoms with Crippen molar-refractivity contribution in [2.24, 2.45) is 5.73 Å². The second-order valence-corrected chi connectivity index (χ2v) is 5.15. The van der Waals surface area contributed by atoms with Crippen LogP contribution in [0, 0.1) is 11.6 Å². The van der Waals surface area contributed by atoms with Crippen molar-refractivity contribution in [2.75, 3.05) is 0 Å². The van der Waals surface area contributed by atoms with E-state index in [-0.39, 0.29) is 12.4 Å². The summed E-state index contributed by atoms with van der Waals surface area (Å²) in [4.78, 5) is 11.1. The summed E-state index contributed by atoms with van der Waals surface area (Å²) in [6.45, 7) is 4.10. The number of benzene rings is 2. The van der Waals surface area contributed by atoms with Gasteiger partial charge in [0, 0.05) is 6.54 Å². The molecule has 0 bridgehead atoms. The molecule has 2 aromatic carbocycles. The monoisotopic (exact) mass is 332 g/mol. The minimum Gasteiger partial charge on any atom is -0.486 e. The first-order valence-electron chi connectivity index (χ1n) is 7.31. The average molecular weight is 332 g/mol. The highest BCUT2D eigenvalue weighted by Crippen LogP contribution is 2.20. The molecule has 0 saturated carbocycles. The molecule has 2 aromatic rings. The van der Waals surface area contributed by atoms with Gasteiger partial charge in [0.2, 0.25) is 11.7 Å². The topological polar surface area (TPSA) is 64.3 Å². The molecule has 0 aromatic heterocycles. The molecule has 0 aliphatic rings. The number of ether oxygens (including phenoxy) is 1. The fourth-order valence-corrected chi connectivity index (χ4v) is 2.04. The van der Waals surface area contributed by atoms with Crippen molar-refractivity contribution in [3.63, 3.8) is 0 Å². The van der Waals surface area contributed by atoms with E-state index in [2.05, 4.69) is 11.9 Å². The van der Waals surface area contributed by atoms with Gasteiger partial charge in [0.15, 0.2) is 11.6 Å². The van der Waals surface area contributed by atoms with Gasteiger partial charge in [-0.25, -0.2) is 4.39 Å². The normalized spacial score (nSPS) is 11.8. The molecule has 1 amide bonds. The number of amides is 1. The van der Waals surface area contributed by atoms with Gasteiger partial charge in [0.05, 0.1) is 0 Å². The largest absolute Gasteiger partial charge is 0.486 e. The second kappa shape index (κ2) is 8.21. The third kappa shape index (κ3) is 4.63. The van der Waals surface area contributed by atoms with Crippen molar-refractivity contribution in [3.05, 3.63) is 77.9 Å². The lowest BCUT2D eigenvalue weighted by Gasteiger charge is -2.11. The third-order valence-corrected chi connectivity index (χ3v) is 3.40. The Morgan fingerprint density at radius 3 is 2.50 bits per heavy atom. The zero-order chi connectivity index (χ0) is 17.5. The maximum absolute atomic E-state index is 13.5. The van der Waals surface area contributed by atoms with Crippen molar-refractivity contribution >= 4 is 5.91 Å². The summed E-state index contributed by atoms with van der Waals surface area (Å²) in [5.74, 6) is -2.57. The first kappa shape index (κ1) is 17.6. The highest BCUT2D eigenvalue weighted by Gasteiger charge is 2.10. The predicted molar refractivity (Wildman–Crippen MR) is 87.2 cm³/mol. The minimum absolute atomic E-state index is 0.116. The Morgan fingerprint density at radius 2 is 1.88 bits per heavy atom. The smallest absolute Gasteiger partial charge is 0.238 e. The molecule has 0 saturated heterocycles. The number of hydrogen-bond acceptors (Lipinski definition) is 3. The van der Waals surface area contributed by atoms with Gasteiger partial charge >= 0.3 is 0 Å². The van der Waals surface area contributed by atoms with Crippen LogP contribution in [0.15, 0.2) is 55.1 Å². The van der Waals surface area contributed by atoms with Gasteiger partial charge in [-0.2, -0.15) is 4.39 Å². The Labute approximate surface area is 138 Å². The van der Waals surface area contributed by atoms with Crippen LogP contribution in [0.4, 0.5) is 8.78 Å². The molecule has 2 rings (SSSR count). The molecule has 0 aliphatic heterocycles. The molecular weight excluding hydrogens is 314 g/mol. The van der Waals surface area contributed by atoms with Crippen LogP contribution >= 0.6 is 0 Å². The number of nitrogens with one attached hydrogen (secondary N) is 1. The highest BCUT2D eigenvalue weighted by molar-refractivity contribution is 5.81. The molecule has 3 N–H and O–H groups in total. The fourth-order valence-electron chi connectivity index (χ4n) is 2.04. The summed E-state index contributed by atoms with van der Waals surface area (Å²) >= 11 is 0. The summed E-state index contributed by atoms with van der Waals surface area (Å²) in [7, 11) is 0. The lowest BCUT2D eigenvalue weighted by Crippen LogP contribution is -2.39. The summed E-state index contributed by atoms with van der Waals surface area (Å²) in [5.41, 5.74) is 6.94. The van der Waals surface area contributed by atoms with Crippen molar-refractivity contribution < 1.29 is 18.3 Å². The Balaban J connectivity index is 1.91. The van der Waals surface area contributed by atoms with Crippen LogP contribution in [0.1, 0.15) is 11.1 Å². The fraction of sp³-hybridized carbons (Fsp3) is 0.167. The lowest BCUT2D eigenvalue weighted by atomic mass is 10.1. The highest BCUT2D eigenvalue weighted by atomic mass is 19.2. The predicted octanol–water partition coefficient (Wildman–Crippen LogP) is 2.67. The van der Waals surface area contributed by atoms with E-state index >= 15 is 0 Å². The van der Waals surface area contributed by atoms with Crippen LogP contribution < -0.4 is 15.8 Å². The number of halogens is 2. The molecule has 0 unspecified atom stereocenters. The first-order chi connectivity index (χ1) is 11.5. The average Bonchev–Trinajstić information content (AvgIpc) is 2.57. The number of hydrogen-bond donors (Lipinski definition) is 2. The maximum Gasteiger partial charge on any atom is 0.238 e. The molecule has 24 heavy (non-hydrogen) atoms. The van der Waals surface area contributed by atoms with Crippen LogP contribution in [-0.4, -0.2) is 11.9 Å². The summed E-state index contributed by atoms with van der Waals surface area (Å²) in [6, 6.07) is 10.5. The standard InChI is InChI=1S/C18H18F2N2O2/c1-2-15(18(21)23)22-10-12-6-8-13(9-7-12)11-24-16-5-3-4-14(19)17(16)20/h2-9,15,22H,1,10-11H2,(H2,21,23)/t15-/m1/s1. The van der Waals surface area contributed by atoms with E-state index in [0.717, 1.165) is 17.2 Å². The Kier molecular flexibility index (Phi) is 6.03. The zero-order valence-electron chi connectivity index (χ0n) is 13.0. The van der Waals surface area contributed by atoms with Gasteiger partial charge < -0.3 is 10.5 Å². The third-order valence-electron chi connectivity index (χ3n) is 3.40. The van der Waals surface area contributed by atoms with Crippen LogP contribution in [-0.2, 0) is 17.9 Å². The SMILES string of the molecule is C=C[C@@H](NCc1ccc(COc2cccc(F)c2F)cc1)C(N)=O. The lowest BCUT2D eigenvalue weighted by molar-refractivity contribution is -0.118. The molecule has 0 aliphatic carbocycles. The van der Waals surface area contributed by atoms with Gasteiger partial charge in [-0.05, 0) is 23.3 Å². The number of carbonyl (C=O) groups excluding carboxylic acids is 1. The second-order valence-electron chi connectivity index (χ2n) is 5.15. The number of primary amides is 1. The van der Waals surface area contributed by atoms with E-state index in [1.54, 1.807) is 12.1 Å². The van der Waals surface area contributed by atoms with E-state index in [9.17, 15) is 13.6 Å². The van der Waals surface area contributed by atoms with Gasteiger partial charge in [-0.15, -0.1) is 6.58 Å². The van der Waals surface area contributed by atoms with Crippen molar-refractivity contribution in [3.8, 4) is 5.75 Å². The molecule has 126 valence electrons. The molecule has 6 heteroatoms. The molecule has 0 fully saturated rings. The Bertz CT molecular complexity index is 717. The Hall–Kier alpha value is -2.73. The molecule has 4 nitrogen and oxygen atoms in total. The molecule has 0 spiro atoms. The van der Waals surface area contributed by atoms with E-state index in [1.165, 1.54) is 18.2 Å². The quantitative estimate of drug-likeness (QED) is 0.731. The van der Waals surface area contributed by atoms with E-state index in [0.29, 0.717) is 6.54 Å². The molecular formula is C18H18F2N2O2. The summed E-state index contributed by atoms with van der Waals surface area (Å²) in [5, 5.41) is 2.96. The van der Waals surface area contributed by atoms with Gasteiger partial charge in [-0.1, -0.05) is 36.4 Å². The van der Waals surface area contributed by atoms with E-state index in [4.69, 9.17) is 10.5 Å². The molecule has 1 atom stereocenters. The minimum atomic E-state index is -1.000. The number of rotatable bonds is 8. The van der Waals surface area contributed by atoms with Crippen LogP contribution in [0.2, 0.25) is 0 Å². The van der Waals surface area contributed by atoms with Crippen molar-refractivity contribution in [1.82, 2.24) is 5.32 Å². The summed E-state index contributed by atoms with van der Waals surface area (Å²) in [6.07, 6.45) is 1.44. The van der Waals surface area contributed by atoms with Gasteiger partial charge in [0.1, 0.15) is 12.6 Å². The van der Waals surface area contributed by atoms with Crippen molar-refractivity contribution in [2.45, 2.75) is 19.2 Å². The number of carbonyl (C=O) groups is 1. The molecule has 0 heterocycles. The first-order valence-corrected chi connectivity index (χ1v) is 7.31. The number of nitrogens with two attached hydrogens (primary N) is 1. The van der Waals surface area contributed by atoms with Crippen LogP contribution in [0.5, 0.6) is 5.75 Å². The molecule has 0 radical (unpaired) electrons. The van der Waals surface area contributed by atoms with Gasteiger partial charge in [0.25, 0.3) is 0 Å². The van der Waals surface area contributed by atoms with Crippen LogP contribution in [0.3, 0.4) is 0 Å². The van der Waals surface area contributed by atoms with E-state index < -0.39 is 23.6 Å². The van der Waals surface area contributed by atoms with Gasteiger partial charge in [-0.3, -0.25) is 10.1 Å². The Morgan fingerprint density at radius 1 is 1.21 bits per heavy atom. The zero-order valence-corrected chi connectivity index (χ0v) is 13.0. The summed E-state index contributed by atoms with van der Waals surface area (Å²) < 4.78 is 31.9.